The Kier molecular flexibility index (Phi) is 4.70. The quantitative estimate of drug-likeness (QED) is 0.881. The number of para-hydroxylation sites is 1. The molecule has 0 aliphatic heterocycles. The summed E-state index contributed by atoms with van der Waals surface area (Å²) in [6, 6.07) is 9.23. The number of rotatable bonds is 4. The number of benzene rings is 1. The molecule has 110 valence electrons. The Bertz CT molecular complexity index is 668. The lowest BCUT2D eigenvalue weighted by atomic mass is 10.3. The normalized spacial score (nSPS) is 11.8. The maximum Gasteiger partial charge on any atom is 0.349 e. The monoisotopic (exact) mass is 307 g/mol. The number of thiophene rings is 1. The van der Waals surface area contributed by atoms with Crippen LogP contribution in [0, 0.1) is 12.7 Å². The van der Waals surface area contributed by atoms with Crippen molar-refractivity contribution < 1.29 is 18.7 Å². The lowest BCUT2D eigenvalue weighted by Gasteiger charge is -2.13. The van der Waals surface area contributed by atoms with E-state index in [2.05, 4.69) is 5.32 Å². The maximum absolute atomic E-state index is 13.4. The van der Waals surface area contributed by atoms with Crippen LogP contribution in [0.4, 0.5) is 10.1 Å². The smallest absolute Gasteiger partial charge is 0.349 e. The van der Waals surface area contributed by atoms with Crippen molar-refractivity contribution in [3.05, 3.63) is 52.0 Å². The van der Waals surface area contributed by atoms with Gasteiger partial charge >= 0.3 is 5.97 Å². The summed E-state index contributed by atoms with van der Waals surface area (Å²) in [7, 11) is 0. The van der Waals surface area contributed by atoms with Gasteiger partial charge in [0, 0.05) is 4.88 Å². The number of hydrogen-bond donors (Lipinski definition) is 1. The van der Waals surface area contributed by atoms with Crippen molar-refractivity contribution >= 4 is 28.9 Å². The first kappa shape index (κ1) is 15.2. The van der Waals surface area contributed by atoms with E-state index < -0.39 is 23.8 Å². The second-order valence-corrected chi connectivity index (χ2v) is 5.71. The van der Waals surface area contributed by atoms with Gasteiger partial charge in [-0.1, -0.05) is 12.1 Å². The number of ether oxygens (including phenoxy) is 1. The van der Waals surface area contributed by atoms with Crippen molar-refractivity contribution in [1.82, 2.24) is 0 Å². The number of carbonyl (C=O) groups is 2. The Hall–Kier alpha value is -2.21. The summed E-state index contributed by atoms with van der Waals surface area (Å²) in [5, 5.41) is 2.38. The van der Waals surface area contributed by atoms with Gasteiger partial charge in [-0.25, -0.2) is 9.18 Å². The fourth-order valence-electron chi connectivity index (χ4n) is 1.61. The van der Waals surface area contributed by atoms with E-state index in [-0.39, 0.29) is 5.69 Å². The van der Waals surface area contributed by atoms with Gasteiger partial charge in [-0.05, 0) is 38.1 Å². The highest BCUT2D eigenvalue weighted by molar-refractivity contribution is 7.13. The minimum absolute atomic E-state index is 0.0531. The Morgan fingerprint density at radius 1 is 1.24 bits per heavy atom. The molecule has 0 spiro atoms. The molecule has 0 saturated carbocycles. The third-order valence-electron chi connectivity index (χ3n) is 2.73. The number of amides is 1. The van der Waals surface area contributed by atoms with E-state index in [4.69, 9.17) is 4.74 Å². The van der Waals surface area contributed by atoms with Crippen LogP contribution < -0.4 is 5.32 Å². The number of esters is 1. The summed E-state index contributed by atoms with van der Waals surface area (Å²) >= 11 is 1.29. The van der Waals surface area contributed by atoms with Gasteiger partial charge in [0.25, 0.3) is 5.91 Å². The van der Waals surface area contributed by atoms with Crippen LogP contribution in [0.5, 0.6) is 0 Å². The fraction of sp³-hybridized carbons (Fsp3) is 0.200. The maximum atomic E-state index is 13.4. The van der Waals surface area contributed by atoms with Crippen molar-refractivity contribution in [1.29, 1.82) is 0 Å². The van der Waals surface area contributed by atoms with Crippen molar-refractivity contribution in [2.24, 2.45) is 0 Å². The number of anilines is 1. The van der Waals surface area contributed by atoms with Crippen molar-refractivity contribution in [2.45, 2.75) is 20.0 Å². The molecule has 6 heteroatoms. The van der Waals surface area contributed by atoms with E-state index in [1.807, 2.05) is 6.92 Å². The fourth-order valence-corrected chi connectivity index (χ4v) is 2.36. The standard InChI is InChI=1S/C15H14FNO3S/c1-9-7-8-13(21-9)15(19)20-10(2)14(18)17-12-6-4-3-5-11(12)16/h3-8,10H,1-2H3,(H,17,18). The van der Waals surface area contributed by atoms with Crippen molar-refractivity contribution in [3.63, 3.8) is 0 Å². The van der Waals surface area contributed by atoms with Crippen LogP contribution in [0.3, 0.4) is 0 Å². The predicted octanol–water partition coefficient (Wildman–Crippen LogP) is 3.38. The number of nitrogens with one attached hydrogen (secondary N) is 1. The molecule has 1 aromatic carbocycles. The molecular weight excluding hydrogens is 293 g/mol. The highest BCUT2D eigenvalue weighted by Gasteiger charge is 2.20. The van der Waals surface area contributed by atoms with E-state index in [0.717, 1.165) is 4.88 Å². The molecule has 0 aliphatic rings. The largest absolute Gasteiger partial charge is 0.448 e. The van der Waals surface area contributed by atoms with Crippen LogP contribution in [0.2, 0.25) is 0 Å². The van der Waals surface area contributed by atoms with Gasteiger partial charge in [-0.2, -0.15) is 0 Å². The molecule has 0 fully saturated rings. The molecule has 0 bridgehead atoms. The van der Waals surface area contributed by atoms with E-state index in [1.54, 1.807) is 18.2 Å². The van der Waals surface area contributed by atoms with Gasteiger partial charge in [-0.15, -0.1) is 11.3 Å². The van der Waals surface area contributed by atoms with E-state index in [1.165, 1.54) is 36.5 Å². The highest BCUT2D eigenvalue weighted by Crippen LogP contribution is 2.17. The number of carbonyl (C=O) groups excluding carboxylic acids is 2. The van der Waals surface area contributed by atoms with Crippen LogP contribution in [-0.2, 0) is 9.53 Å². The zero-order valence-electron chi connectivity index (χ0n) is 11.6. The molecule has 0 radical (unpaired) electrons. The summed E-state index contributed by atoms with van der Waals surface area (Å²) in [5.41, 5.74) is 0.0531. The average Bonchev–Trinajstić information content (AvgIpc) is 2.88. The number of hydrogen-bond acceptors (Lipinski definition) is 4. The van der Waals surface area contributed by atoms with E-state index in [9.17, 15) is 14.0 Å². The highest BCUT2D eigenvalue weighted by atomic mass is 32.1. The Labute approximate surface area is 125 Å². The number of aryl methyl sites for hydroxylation is 1. The lowest BCUT2D eigenvalue weighted by Crippen LogP contribution is -2.30. The van der Waals surface area contributed by atoms with E-state index in [0.29, 0.717) is 4.88 Å². The molecule has 1 atom stereocenters. The third kappa shape index (κ3) is 3.88. The molecule has 1 amide bonds. The molecule has 1 aromatic heterocycles. The van der Waals surface area contributed by atoms with Crippen molar-refractivity contribution in [3.8, 4) is 0 Å². The summed E-state index contributed by atoms with van der Waals surface area (Å²) in [5.74, 6) is -1.69. The molecule has 1 heterocycles. The van der Waals surface area contributed by atoms with Gasteiger partial charge < -0.3 is 10.1 Å². The van der Waals surface area contributed by atoms with Gasteiger partial charge in [-0.3, -0.25) is 4.79 Å². The van der Waals surface area contributed by atoms with Gasteiger partial charge in [0.15, 0.2) is 6.10 Å². The van der Waals surface area contributed by atoms with Gasteiger partial charge in [0.2, 0.25) is 0 Å². The molecular formula is C15H14FNO3S. The Morgan fingerprint density at radius 3 is 2.57 bits per heavy atom. The van der Waals surface area contributed by atoms with Crippen LogP contribution in [-0.4, -0.2) is 18.0 Å². The molecule has 21 heavy (non-hydrogen) atoms. The second-order valence-electron chi connectivity index (χ2n) is 4.43. The Balaban J connectivity index is 1.97. The van der Waals surface area contributed by atoms with Crippen LogP contribution in [0.1, 0.15) is 21.5 Å². The topological polar surface area (TPSA) is 55.4 Å². The molecule has 2 rings (SSSR count). The first-order valence-electron chi connectivity index (χ1n) is 6.30. The predicted molar refractivity (Wildman–Crippen MR) is 79.0 cm³/mol. The molecule has 0 aliphatic carbocycles. The van der Waals surface area contributed by atoms with Crippen LogP contribution >= 0.6 is 11.3 Å². The molecule has 4 nitrogen and oxygen atoms in total. The molecule has 1 N–H and O–H groups in total. The van der Waals surface area contributed by atoms with Crippen LogP contribution in [0.25, 0.3) is 0 Å². The summed E-state index contributed by atoms with van der Waals surface area (Å²) in [4.78, 5) is 25.1. The first-order chi connectivity index (χ1) is 9.97. The molecule has 1 unspecified atom stereocenters. The third-order valence-corrected chi connectivity index (χ3v) is 3.71. The van der Waals surface area contributed by atoms with Gasteiger partial charge in [0.1, 0.15) is 10.7 Å². The summed E-state index contributed by atoms with van der Waals surface area (Å²) in [6.45, 7) is 3.31. The van der Waals surface area contributed by atoms with Crippen LogP contribution in [0.15, 0.2) is 36.4 Å². The zero-order chi connectivity index (χ0) is 15.4. The average molecular weight is 307 g/mol. The second kappa shape index (κ2) is 6.49. The first-order valence-corrected chi connectivity index (χ1v) is 7.12. The Morgan fingerprint density at radius 2 is 1.95 bits per heavy atom. The van der Waals surface area contributed by atoms with Gasteiger partial charge in [0.05, 0.1) is 5.69 Å². The van der Waals surface area contributed by atoms with Crippen molar-refractivity contribution in [2.75, 3.05) is 5.32 Å². The minimum Gasteiger partial charge on any atom is -0.448 e. The van der Waals surface area contributed by atoms with E-state index >= 15 is 0 Å². The summed E-state index contributed by atoms with van der Waals surface area (Å²) < 4.78 is 18.5. The molecule has 0 saturated heterocycles. The SMILES string of the molecule is Cc1ccc(C(=O)OC(C)C(=O)Nc2ccccc2F)s1. The summed E-state index contributed by atoms with van der Waals surface area (Å²) in [6.07, 6.45) is -1.01. The molecule has 2 aromatic rings. The lowest BCUT2D eigenvalue weighted by molar-refractivity contribution is -0.123. The zero-order valence-corrected chi connectivity index (χ0v) is 12.4. The number of halogens is 1. The minimum atomic E-state index is -1.01.